The van der Waals surface area contributed by atoms with E-state index in [2.05, 4.69) is 39.6 Å². The fourth-order valence-electron chi connectivity index (χ4n) is 4.22. The third-order valence-electron chi connectivity index (χ3n) is 5.75. The zero-order valence-electron chi connectivity index (χ0n) is 17.2. The van der Waals surface area contributed by atoms with Crippen molar-refractivity contribution in [3.05, 3.63) is 54.9 Å². The maximum atomic E-state index is 12.9. The number of amides is 3. The highest BCUT2D eigenvalue weighted by atomic mass is 16.5. The molecule has 2 aliphatic rings. The van der Waals surface area contributed by atoms with E-state index in [1.54, 1.807) is 18.2 Å². The summed E-state index contributed by atoms with van der Waals surface area (Å²) in [6.45, 7) is 4.16. The predicted molar refractivity (Wildman–Crippen MR) is 120 cm³/mol. The van der Waals surface area contributed by atoms with Crippen molar-refractivity contribution < 1.29 is 14.3 Å². The average Bonchev–Trinajstić information content (AvgIpc) is 2.78. The first-order chi connectivity index (χ1) is 15.1. The molecule has 158 valence electrons. The molecule has 2 aliphatic heterocycles. The van der Waals surface area contributed by atoms with Crippen LogP contribution in [-0.4, -0.2) is 54.1 Å². The van der Waals surface area contributed by atoms with Crippen LogP contribution in [0.2, 0.25) is 0 Å². The molecule has 1 fully saturated rings. The van der Waals surface area contributed by atoms with Crippen molar-refractivity contribution in [2.45, 2.75) is 13.0 Å². The number of pyridine rings is 1. The molecule has 2 N–H and O–H groups in total. The Morgan fingerprint density at radius 1 is 1.23 bits per heavy atom. The predicted octanol–water partition coefficient (Wildman–Crippen LogP) is 3.31. The minimum atomic E-state index is -0.204. The van der Waals surface area contributed by atoms with Gasteiger partial charge < -0.3 is 25.2 Å². The number of anilines is 3. The lowest BCUT2D eigenvalue weighted by molar-refractivity contribution is -0.118. The van der Waals surface area contributed by atoms with Gasteiger partial charge in [0.25, 0.3) is 5.91 Å². The lowest BCUT2D eigenvalue weighted by Gasteiger charge is -2.41. The minimum absolute atomic E-state index is 0.00765. The zero-order chi connectivity index (χ0) is 21.4. The number of benzene rings is 2. The summed E-state index contributed by atoms with van der Waals surface area (Å²) in [5, 5.41) is 7.98. The number of piperazine rings is 1. The molecule has 2 aromatic carbocycles. The smallest absolute Gasteiger partial charge is 0.322 e. The fourth-order valence-corrected chi connectivity index (χ4v) is 4.22. The normalized spacial score (nSPS) is 18.2. The third kappa shape index (κ3) is 3.72. The highest BCUT2D eigenvalue weighted by Crippen LogP contribution is 2.31. The van der Waals surface area contributed by atoms with Crippen molar-refractivity contribution in [3.63, 3.8) is 0 Å². The van der Waals surface area contributed by atoms with Gasteiger partial charge in [0.05, 0.1) is 5.69 Å². The molecule has 0 radical (unpaired) electrons. The summed E-state index contributed by atoms with van der Waals surface area (Å²) in [6.07, 6.45) is 3.68. The molecule has 8 nitrogen and oxygen atoms in total. The first-order valence-corrected chi connectivity index (χ1v) is 10.3. The van der Waals surface area contributed by atoms with Crippen LogP contribution < -0.4 is 20.3 Å². The van der Waals surface area contributed by atoms with Crippen LogP contribution in [0.1, 0.15) is 6.92 Å². The zero-order valence-corrected chi connectivity index (χ0v) is 17.2. The second-order valence-electron chi connectivity index (χ2n) is 7.84. The van der Waals surface area contributed by atoms with E-state index in [4.69, 9.17) is 4.74 Å². The molecule has 1 unspecified atom stereocenters. The van der Waals surface area contributed by atoms with Gasteiger partial charge in [-0.25, -0.2) is 4.79 Å². The monoisotopic (exact) mass is 417 g/mol. The Labute approximate surface area is 179 Å². The molecule has 1 aromatic heterocycles. The number of fused-ring (bicyclic) bond motifs is 2. The van der Waals surface area contributed by atoms with Gasteiger partial charge in [0, 0.05) is 60.2 Å². The molecule has 1 saturated heterocycles. The summed E-state index contributed by atoms with van der Waals surface area (Å²) in [6, 6.07) is 13.4. The number of hydrogen-bond donors (Lipinski definition) is 2. The largest absolute Gasteiger partial charge is 0.482 e. The number of rotatable bonds is 2. The van der Waals surface area contributed by atoms with Crippen molar-refractivity contribution in [2.24, 2.45) is 0 Å². The number of urea groups is 1. The molecule has 31 heavy (non-hydrogen) atoms. The van der Waals surface area contributed by atoms with Crippen LogP contribution in [0.3, 0.4) is 0 Å². The van der Waals surface area contributed by atoms with Crippen LogP contribution in [-0.2, 0) is 4.79 Å². The van der Waals surface area contributed by atoms with Gasteiger partial charge in [-0.15, -0.1) is 0 Å². The van der Waals surface area contributed by atoms with Crippen molar-refractivity contribution in [1.29, 1.82) is 0 Å². The second-order valence-corrected chi connectivity index (χ2v) is 7.84. The van der Waals surface area contributed by atoms with Gasteiger partial charge in [-0.1, -0.05) is 12.1 Å². The highest BCUT2D eigenvalue weighted by Gasteiger charge is 2.28. The topological polar surface area (TPSA) is 86.8 Å². The lowest BCUT2D eigenvalue weighted by Crippen LogP contribution is -2.55. The Hall–Kier alpha value is -3.81. The van der Waals surface area contributed by atoms with Crippen LogP contribution in [0, 0.1) is 0 Å². The Bertz CT molecular complexity index is 1160. The van der Waals surface area contributed by atoms with Crippen LogP contribution in [0.5, 0.6) is 5.75 Å². The molecule has 3 amide bonds. The quantitative estimate of drug-likeness (QED) is 0.668. The molecular weight excluding hydrogens is 394 g/mol. The van der Waals surface area contributed by atoms with E-state index in [1.165, 1.54) is 5.39 Å². The summed E-state index contributed by atoms with van der Waals surface area (Å²) in [4.78, 5) is 32.9. The average molecular weight is 417 g/mol. The maximum absolute atomic E-state index is 12.9. The van der Waals surface area contributed by atoms with Gasteiger partial charge in [0.15, 0.2) is 6.61 Å². The van der Waals surface area contributed by atoms with Crippen molar-refractivity contribution in [3.8, 4) is 5.75 Å². The molecular formula is C23H23N5O3. The Morgan fingerprint density at radius 2 is 2.13 bits per heavy atom. The van der Waals surface area contributed by atoms with Crippen LogP contribution >= 0.6 is 0 Å². The van der Waals surface area contributed by atoms with Gasteiger partial charge in [-0.2, -0.15) is 0 Å². The SMILES string of the molecule is CC1CN(c2cccc3cnccc23)CCN1C(=O)Nc1ccc2c(c1)NC(=O)CO2. The summed E-state index contributed by atoms with van der Waals surface area (Å²) in [5.74, 6) is 0.398. The molecule has 0 spiro atoms. The third-order valence-corrected chi connectivity index (χ3v) is 5.75. The van der Waals surface area contributed by atoms with Crippen molar-refractivity contribution >= 4 is 39.8 Å². The number of ether oxygens (including phenoxy) is 1. The van der Waals surface area contributed by atoms with E-state index >= 15 is 0 Å². The van der Waals surface area contributed by atoms with Crippen molar-refractivity contribution in [2.75, 3.05) is 41.8 Å². The van der Waals surface area contributed by atoms with Crippen LogP contribution in [0.25, 0.3) is 10.8 Å². The highest BCUT2D eigenvalue weighted by molar-refractivity contribution is 5.97. The number of nitrogens with zero attached hydrogens (tertiary/aromatic N) is 3. The van der Waals surface area contributed by atoms with Gasteiger partial charge in [-0.05, 0) is 37.3 Å². The van der Waals surface area contributed by atoms with E-state index in [1.807, 2.05) is 29.4 Å². The first kappa shape index (κ1) is 19.2. The molecule has 8 heteroatoms. The molecule has 0 bridgehead atoms. The molecule has 3 aromatic rings. The summed E-state index contributed by atoms with van der Waals surface area (Å²) in [7, 11) is 0. The molecule has 5 rings (SSSR count). The number of nitrogens with one attached hydrogen (secondary N) is 2. The summed E-state index contributed by atoms with van der Waals surface area (Å²) in [5.41, 5.74) is 2.35. The van der Waals surface area contributed by atoms with Gasteiger partial charge in [-0.3, -0.25) is 9.78 Å². The van der Waals surface area contributed by atoms with Crippen molar-refractivity contribution in [1.82, 2.24) is 9.88 Å². The Morgan fingerprint density at radius 3 is 3.00 bits per heavy atom. The van der Waals surface area contributed by atoms with Gasteiger partial charge >= 0.3 is 6.03 Å². The second kappa shape index (κ2) is 7.79. The van der Waals surface area contributed by atoms with E-state index in [0.29, 0.717) is 23.7 Å². The number of carbonyl (C=O) groups is 2. The molecule has 1 atom stereocenters. The Balaban J connectivity index is 1.28. The fraction of sp³-hybridized carbons (Fsp3) is 0.261. The van der Waals surface area contributed by atoms with E-state index < -0.39 is 0 Å². The summed E-state index contributed by atoms with van der Waals surface area (Å²) < 4.78 is 5.37. The van der Waals surface area contributed by atoms with E-state index in [-0.39, 0.29) is 24.6 Å². The first-order valence-electron chi connectivity index (χ1n) is 10.3. The van der Waals surface area contributed by atoms with Crippen LogP contribution in [0.15, 0.2) is 54.9 Å². The van der Waals surface area contributed by atoms with Gasteiger partial charge in [0.2, 0.25) is 0 Å². The number of carbonyl (C=O) groups excluding carboxylic acids is 2. The number of aromatic nitrogens is 1. The van der Waals surface area contributed by atoms with E-state index in [0.717, 1.165) is 24.2 Å². The minimum Gasteiger partial charge on any atom is -0.482 e. The van der Waals surface area contributed by atoms with Gasteiger partial charge in [0.1, 0.15) is 5.75 Å². The summed E-state index contributed by atoms with van der Waals surface area (Å²) >= 11 is 0. The maximum Gasteiger partial charge on any atom is 0.322 e. The molecule has 0 aliphatic carbocycles. The molecule has 0 saturated carbocycles. The molecule has 3 heterocycles. The Kier molecular flexibility index (Phi) is 4.82. The number of hydrogen-bond acceptors (Lipinski definition) is 5. The lowest BCUT2D eigenvalue weighted by atomic mass is 10.1. The standard InChI is InChI=1S/C23H23N5O3/c1-15-13-27(20-4-2-3-16-12-24-8-7-18(16)20)9-10-28(15)23(30)25-17-5-6-21-19(11-17)26-22(29)14-31-21/h2-8,11-12,15H,9-10,13-14H2,1H3,(H,25,30)(H,26,29). The van der Waals surface area contributed by atoms with E-state index in [9.17, 15) is 9.59 Å². The van der Waals surface area contributed by atoms with Crippen LogP contribution in [0.4, 0.5) is 21.9 Å².